The number of allylic oxidation sites excluding steroid dienone is 2. The van der Waals surface area contributed by atoms with E-state index in [2.05, 4.69) is 0 Å². The Morgan fingerprint density at radius 1 is 1.44 bits per heavy atom. The predicted octanol–water partition coefficient (Wildman–Crippen LogP) is 1.95. The van der Waals surface area contributed by atoms with Crippen molar-refractivity contribution in [1.82, 2.24) is 0 Å². The molecule has 0 atom stereocenters. The number of hydrogen-bond donors (Lipinski definition) is 1. The number of rotatable bonds is 2. The van der Waals surface area contributed by atoms with Gasteiger partial charge in [0.2, 0.25) is 0 Å². The van der Waals surface area contributed by atoms with Crippen molar-refractivity contribution >= 4 is 29.2 Å². The predicted molar refractivity (Wildman–Crippen MR) is 36.6 cm³/mol. The molecule has 0 aromatic rings. The number of aliphatic carboxylic acids is 1. The van der Waals surface area contributed by atoms with Crippen LogP contribution < -0.4 is 0 Å². The average Bonchev–Trinajstić information content (AvgIpc) is 1.63. The van der Waals surface area contributed by atoms with Crippen LogP contribution in [0.25, 0.3) is 0 Å². The highest BCUT2D eigenvalue weighted by Gasteiger charge is 1.82. The molecule has 0 saturated heterocycles. The van der Waals surface area contributed by atoms with Gasteiger partial charge in [-0.15, -0.1) is 0 Å². The molecule has 0 aromatic heterocycles. The Morgan fingerprint density at radius 2 is 2.00 bits per heavy atom. The van der Waals surface area contributed by atoms with Gasteiger partial charge in [0.1, 0.15) is 4.49 Å². The van der Waals surface area contributed by atoms with Crippen LogP contribution in [0.2, 0.25) is 0 Å². The molecule has 0 aromatic carbocycles. The maximum absolute atomic E-state index is 9.78. The summed E-state index contributed by atoms with van der Waals surface area (Å²) in [7, 11) is 0. The maximum Gasteiger partial charge on any atom is 0.328 e. The molecule has 0 radical (unpaired) electrons. The number of carboxylic acid groups (broad SMARTS) is 1. The van der Waals surface area contributed by atoms with Gasteiger partial charge in [-0.05, 0) is 6.08 Å². The fourth-order valence-corrected chi connectivity index (χ4v) is 0.349. The van der Waals surface area contributed by atoms with E-state index >= 15 is 0 Å². The van der Waals surface area contributed by atoms with E-state index in [1.165, 1.54) is 12.2 Å². The van der Waals surface area contributed by atoms with Gasteiger partial charge < -0.3 is 5.11 Å². The third kappa shape index (κ3) is 7.53. The van der Waals surface area contributed by atoms with Crippen LogP contribution in [0.4, 0.5) is 0 Å². The second-order valence-corrected chi connectivity index (χ2v) is 2.16. The van der Waals surface area contributed by atoms with E-state index in [0.717, 1.165) is 6.08 Å². The molecule has 0 heterocycles. The lowest BCUT2D eigenvalue weighted by Crippen LogP contribution is -1.84. The summed E-state index contributed by atoms with van der Waals surface area (Å²) in [5, 5.41) is 8.02. The fourth-order valence-electron chi connectivity index (χ4n) is 0.203. The number of carbonyl (C=O) groups is 1. The van der Waals surface area contributed by atoms with Crippen LogP contribution in [0.15, 0.2) is 22.7 Å². The van der Waals surface area contributed by atoms with E-state index in [-0.39, 0.29) is 4.49 Å². The summed E-state index contributed by atoms with van der Waals surface area (Å²) in [5.41, 5.74) is 0. The Bertz CT molecular complexity index is 156. The molecule has 0 amide bonds. The minimum atomic E-state index is -1.03. The van der Waals surface area contributed by atoms with Gasteiger partial charge in [0, 0.05) is 6.08 Å². The van der Waals surface area contributed by atoms with Crippen LogP contribution in [-0.4, -0.2) is 11.1 Å². The fraction of sp³-hybridized carbons (Fsp3) is 0. The third-order valence-corrected chi connectivity index (χ3v) is 0.713. The maximum atomic E-state index is 9.78. The molecular weight excluding hydrogens is 163 g/mol. The highest BCUT2D eigenvalue weighted by molar-refractivity contribution is 6.55. The van der Waals surface area contributed by atoms with Crippen molar-refractivity contribution in [3.63, 3.8) is 0 Å². The van der Waals surface area contributed by atoms with Crippen molar-refractivity contribution < 1.29 is 9.90 Å². The van der Waals surface area contributed by atoms with E-state index in [1.807, 2.05) is 0 Å². The first-order valence-corrected chi connectivity index (χ1v) is 2.81. The zero-order valence-electron chi connectivity index (χ0n) is 4.34. The van der Waals surface area contributed by atoms with Crippen molar-refractivity contribution in [2.45, 2.75) is 0 Å². The Balaban J connectivity index is 3.74. The van der Waals surface area contributed by atoms with Crippen LogP contribution in [0.1, 0.15) is 0 Å². The zero-order valence-corrected chi connectivity index (χ0v) is 5.86. The largest absolute Gasteiger partial charge is 0.478 e. The topological polar surface area (TPSA) is 37.3 Å². The minimum absolute atomic E-state index is 0.0347. The molecule has 0 aliphatic rings. The summed E-state index contributed by atoms with van der Waals surface area (Å²) in [6.07, 6.45) is 3.46. The van der Waals surface area contributed by atoms with Crippen molar-refractivity contribution in [3.05, 3.63) is 22.7 Å². The number of hydrogen-bond acceptors (Lipinski definition) is 1. The Morgan fingerprint density at radius 3 is 2.33 bits per heavy atom. The van der Waals surface area contributed by atoms with Gasteiger partial charge in [-0.2, -0.15) is 0 Å². The van der Waals surface area contributed by atoms with Crippen molar-refractivity contribution in [3.8, 4) is 0 Å². The van der Waals surface area contributed by atoms with Gasteiger partial charge in [-0.1, -0.05) is 29.3 Å². The first-order valence-electron chi connectivity index (χ1n) is 2.05. The lowest BCUT2D eigenvalue weighted by Gasteiger charge is -1.75. The van der Waals surface area contributed by atoms with Crippen molar-refractivity contribution in [2.24, 2.45) is 0 Å². The minimum Gasteiger partial charge on any atom is -0.478 e. The molecule has 1 N–H and O–H groups in total. The zero-order chi connectivity index (χ0) is 7.28. The van der Waals surface area contributed by atoms with Crippen molar-refractivity contribution in [2.75, 3.05) is 0 Å². The summed E-state index contributed by atoms with van der Waals surface area (Å²) in [5.74, 6) is -1.03. The summed E-state index contributed by atoms with van der Waals surface area (Å²) >= 11 is 10.3. The summed E-state index contributed by atoms with van der Waals surface area (Å²) in [6.45, 7) is 0. The quantitative estimate of drug-likeness (QED) is 0.504. The number of halogens is 2. The first kappa shape index (κ1) is 8.53. The van der Waals surface area contributed by atoms with E-state index < -0.39 is 5.97 Å². The van der Waals surface area contributed by atoms with E-state index in [0.29, 0.717) is 0 Å². The van der Waals surface area contributed by atoms with E-state index in [9.17, 15) is 4.79 Å². The van der Waals surface area contributed by atoms with Gasteiger partial charge in [-0.3, -0.25) is 0 Å². The average molecular weight is 167 g/mol. The molecule has 0 spiro atoms. The lowest BCUT2D eigenvalue weighted by atomic mass is 10.5. The lowest BCUT2D eigenvalue weighted by molar-refractivity contribution is -0.131. The van der Waals surface area contributed by atoms with Crippen LogP contribution in [0.5, 0.6) is 0 Å². The first-order chi connectivity index (χ1) is 4.13. The summed E-state index contributed by atoms with van der Waals surface area (Å²) in [4.78, 5) is 9.78. The molecule has 50 valence electrons. The molecule has 0 unspecified atom stereocenters. The molecule has 0 aliphatic heterocycles. The molecular formula is C5H4Cl2O2. The SMILES string of the molecule is O=C(O)C=CC=C(Cl)Cl. The molecule has 0 bridgehead atoms. The van der Waals surface area contributed by atoms with Gasteiger partial charge in [0.05, 0.1) is 0 Å². The summed E-state index contributed by atoms with van der Waals surface area (Å²) < 4.78 is 0.0347. The smallest absolute Gasteiger partial charge is 0.328 e. The Kier molecular flexibility index (Phi) is 4.18. The Hall–Kier alpha value is -0.470. The molecule has 0 saturated carbocycles. The van der Waals surface area contributed by atoms with Crippen LogP contribution >= 0.6 is 23.2 Å². The molecule has 0 aliphatic carbocycles. The van der Waals surface area contributed by atoms with Crippen LogP contribution in [-0.2, 0) is 4.79 Å². The van der Waals surface area contributed by atoms with Crippen LogP contribution in [0.3, 0.4) is 0 Å². The highest BCUT2D eigenvalue weighted by Crippen LogP contribution is 2.05. The Labute approximate surface area is 62.4 Å². The monoisotopic (exact) mass is 166 g/mol. The van der Waals surface area contributed by atoms with Gasteiger partial charge in [-0.25, -0.2) is 4.79 Å². The van der Waals surface area contributed by atoms with Crippen LogP contribution in [0, 0.1) is 0 Å². The number of carboxylic acids is 1. The standard InChI is InChI=1S/C5H4Cl2O2/c6-4(7)2-1-3-5(8)9/h1-3H,(H,8,9). The normalized spacial score (nSPS) is 9.56. The van der Waals surface area contributed by atoms with Gasteiger partial charge in [0.25, 0.3) is 0 Å². The summed E-state index contributed by atoms with van der Waals surface area (Å²) in [6, 6.07) is 0. The molecule has 0 fully saturated rings. The van der Waals surface area contributed by atoms with E-state index in [1.54, 1.807) is 0 Å². The van der Waals surface area contributed by atoms with Gasteiger partial charge >= 0.3 is 5.97 Å². The molecule has 4 heteroatoms. The second-order valence-electron chi connectivity index (χ2n) is 1.15. The van der Waals surface area contributed by atoms with Crippen molar-refractivity contribution in [1.29, 1.82) is 0 Å². The van der Waals surface area contributed by atoms with Gasteiger partial charge in [0.15, 0.2) is 0 Å². The molecule has 0 rings (SSSR count). The molecule has 2 nitrogen and oxygen atoms in total. The van der Waals surface area contributed by atoms with E-state index in [4.69, 9.17) is 28.3 Å². The second kappa shape index (κ2) is 4.41. The molecule has 9 heavy (non-hydrogen) atoms. The third-order valence-electron chi connectivity index (χ3n) is 0.461. The highest BCUT2D eigenvalue weighted by atomic mass is 35.5.